The van der Waals surface area contributed by atoms with E-state index in [9.17, 15) is 0 Å². The second-order valence-corrected chi connectivity index (χ2v) is 1.54. The molecule has 4 heteroatoms. The van der Waals surface area contributed by atoms with E-state index in [1.54, 1.807) is 18.5 Å². The van der Waals surface area contributed by atoms with Gasteiger partial charge in [-0.3, -0.25) is 9.98 Å². The fourth-order valence-corrected chi connectivity index (χ4v) is 0.376. The van der Waals surface area contributed by atoms with Gasteiger partial charge in [0.2, 0.25) is 0 Å². The first-order valence-corrected chi connectivity index (χ1v) is 3.12. The molecule has 0 radical (unpaired) electrons. The molecule has 0 heterocycles. The van der Waals surface area contributed by atoms with Gasteiger partial charge < -0.3 is 5.43 Å². The Balaban J connectivity index is 3.22. The molecule has 0 aromatic carbocycles. The standard InChI is InChI=1S/C7H12N4/c1-3-10-11-7-9-6-4-5-8-2/h3-6,10-11H,1-2,7H2/b5-4-,9-6-. The number of rotatable bonds is 6. The molecule has 2 N–H and O–H groups in total. The molecule has 0 amide bonds. The molecule has 0 saturated carbocycles. The SMILES string of the molecule is C=CNNC/N=C\C=C/N=C. The van der Waals surface area contributed by atoms with Crippen LogP contribution in [0.25, 0.3) is 0 Å². The minimum atomic E-state index is 0.494. The van der Waals surface area contributed by atoms with E-state index in [0.717, 1.165) is 0 Å². The Labute approximate surface area is 66.4 Å². The summed E-state index contributed by atoms with van der Waals surface area (Å²) in [5.74, 6) is 0. The van der Waals surface area contributed by atoms with Gasteiger partial charge in [0.25, 0.3) is 0 Å². The minimum absolute atomic E-state index is 0.494. The molecule has 60 valence electrons. The van der Waals surface area contributed by atoms with Crippen molar-refractivity contribution >= 4 is 12.9 Å². The van der Waals surface area contributed by atoms with Gasteiger partial charge in [0.05, 0.1) is 0 Å². The Hall–Kier alpha value is -1.42. The average Bonchev–Trinajstić information content (AvgIpc) is 2.03. The van der Waals surface area contributed by atoms with Crippen LogP contribution in [0.1, 0.15) is 0 Å². The number of hydrogen-bond acceptors (Lipinski definition) is 4. The van der Waals surface area contributed by atoms with Gasteiger partial charge in [-0.25, -0.2) is 5.43 Å². The predicted molar refractivity (Wildman–Crippen MR) is 48.5 cm³/mol. The maximum Gasteiger partial charge on any atom is 0.105 e. The Morgan fingerprint density at radius 3 is 2.91 bits per heavy atom. The number of hydrazine groups is 1. The Kier molecular flexibility index (Phi) is 7.47. The molecule has 0 aliphatic carbocycles. The lowest BCUT2D eigenvalue weighted by Crippen LogP contribution is -2.26. The maximum absolute atomic E-state index is 3.93. The summed E-state index contributed by atoms with van der Waals surface area (Å²) in [5.41, 5.74) is 5.45. The van der Waals surface area contributed by atoms with Crippen molar-refractivity contribution in [2.75, 3.05) is 6.67 Å². The van der Waals surface area contributed by atoms with Crippen molar-refractivity contribution in [1.29, 1.82) is 0 Å². The first kappa shape index (κ1) is 9.58. The van der Waals surface area contributed by atoms with Crippen molar-refractivity contribution in [2.24, 2.45) is 9.98 Å². The summed E-state index contributed by atoms with van der Waals surface area (Å²) < 4.78 is 0. The summed E-state index contributed by atoms with van der Waals surface area (Å²) in [6.45, 7) is 7.21. The number of nitrogens with zero attached hydrogens (tertiary/aromatic N) is 2. The third kappa shape index (κ3) is 8.58. The van der Waals surface area contributed by atoms with Crippen LogP contribution in [0, 0.1) is 0 Å². The molecule has 0 aliphatic heterocycles. The highest BCUT2D eigenvalue weighted by atomic mass is 15.4. The van der Waals surface area contributed by atoms with Crippen molar-refractivity contribution in [3.8, 4) is 0 Å². The van der Waals surface area contributed by atoms with Gasteiger partial charge in [0.15, 0.2) is 0 Å². The van der Waals surface area contributed by atoms with Crippen LogP contribution in [0.15, 0.2) is 35.0 Å². The highest BCUT2D eigenvalue weighted by Crippen LogP contribution is 1.68. The van der Waals surface area contributed by atoms with Crippen molar-refractivity contribution < 1.29 is 0 Å². The second kappa shape index (κ2) is 8.58. The summed E-state index contributed by atoms with van der Waals surface area (Å²) in [4.78, 5) is 7.42. The molecular weight excluding hydrogens is 140 g/mol. The minimum Gasteiger partial charge on any atom is -0.328 e. The van der Waals surface area contributed by atoms with E-state index < -0.39 is 0 Å². The molecule has 11 heavy (non-hydrogen) atoms. The maximum atomic E-state index is 3.93. The van der Waals surface area contributed by atoms with Crippen LogP contribution in [0.3, 0.4) is 0 Å². The van der Waals surface area contributed by atoms with Gasteiger partial charge in [-0.05, 0) is 12.8 Å². The zero-order valence-electron chi connectivity index (χ0n) is 6.33. The van der Waals surface area contributed by atoms with Gasteiger partial charge in [0.1, 0.15) is 6.67 Å². The van der Waals surface area contributed by atoms with Gasteiger partial charge in [0, 0.05) is 18.6 Å². The topological polar surface area (TPSA) is 48.8 Å². The molecule has 0 unspecified atom stereocenters. The Morgan fingerprint density at radius 2 is 2.27 bits per heavy atom. The summed E-state index contributed by atoms with van der Waals surface area (Å²) in [6, 6.07) is 0. The lowest BCUT2D eigenvalue weighted by molar-refractivity contribution is 0.645. The van der Waals surface area contributed by atoms with Crippen LogP contribution < -0.4 is 10.9 Å². The van der Waals surface area contributed by atoms with E-state index in [-0.39, 0.29) is 0 Å². The van der Waals surface area contributed by atoms with E-state index in [1.807, 2.05) is 0 Å². The summed E-state index contributed by atoms with van der Waals surface area (Å²) in [7, 11) is 0. The molecule has 0 aromatic heterocycles. The van der Waals surface area contributed by atoms with E-state index in [2.05, 4.69) is 34.1 Å². The smallest absolute Gasteiger partial charge is 0.105 e. The lowest BCUT2D eigenvalue weighted by atomic mass is 10.7. The van der Waals surface area contributed by atoms with Gasteiger partial charge >= 0.3 is 0 Å². The monoisotopic (exact) mass is 152 g/mol. The number of nitrogens with one attached hydrogen (secondary N) is 2. The van der Waals surface area contributed by atoms with Gasteiger partial charge in [-0.2, -0.15) is 0 Å². The van der Waals surface area contributed by atoms with Crippen LogP contribution in [-0.2, 0) is 0 Å². The number of allylic oxidation sites excluding steroid dienone is 1. The van der Waals surface area contributed by atoms with Crippen molar-refractivity contribution in [1.82, 2.24) is 10.9 Å². The van der Waals surface area contributed by atoms with E-state index >= 15 is 0 Å². The zero-order valence-corrected chi connectivity index (χ0v) is 6.33. The first-order valence-electron chi connectivity index (χ1n) is 3.12. The third-order valence-corrected chi connectivity index (χ3v) is 0.757. The summed E-state index contributed by atoms with van der Waals surface area (Å²) >= 11 is 0. The van der Waals surface area contributed by atoms with Crippen LogP contribution in [0.4, 0.5) is 0 Å². The quantitative estimate of drug-likeness (QED) is 0.330. The lowest BCUT2D eigenvalue weighted by Gasteiger charge is -1.95. The average molecular weight is 152 g/mol. The zero-order chi connectivity index (χ0) is 8.36. The van der Waals surface area contributed by atoms with Crippen LogP contribution in [-0.4, -0.2) is 19.6 Å². The molecule has 0 atom stereocenters. The highest BCUT2D eigenvalue weighted by molar-refractivity contribution is 5.70. The molecular formula is C7H12N4. The molecule has 0 saturated heterocycles. The second-order valence-electron chi connectivity index (χ2n) is 1.54. The third-order valence-electron chi connectivity index (χ3n) is 0.757. The van der Waals surface area contributed by atoms with Gasteiger partial charge in [-0.15, -0.1) is 0 Å². The molecule has 0 fully saturated rings. The van der Waals surface area contributed by atoms with Crippen LogP contribution in [0.2, 0.25) is 0 Å². The van der Waals surface area contributed by atoms with Crippen molar-refractivity contribution in [3.63, 3.8) is 0 Å². The van der Waals surface area contributed by atoms with Crippen LogP contribution in [0.5, 0.6) is 0 Å². The fraction of sp³-hybridized carbons (Fsp3) is 0.143. The molecule has 0 aromatic rings. The van der Waals surface area contributed by atoms with E-state index in [0.29, 0.717) is 6.67 Å². The molecule has 0 rings (SSSR count). The van der Waals surface area contributed by atoms with Crippen LogP contribution >= 0.6 is 0 Å². The summed E-state index contributed by atoms with van der Waals surface area (Å²) in [5, 5.41) is 0. The Bertz CT molecular complexity index is 160. The molecule has 0 aliphatic rings. The summed E-state index contributed by atoms with van der Waals surface area (Å²) in [6.07, 6.45) is 6.43. The number of aliphatic imine (C=N–C) groups is 2. The molecule has 0 bridgehead atoms. The molecule has 0 spiro atoms. The van der Waals surface area contributed by atoms with Crippen molar-refractivity contribution in [3.05, 3.63) is 25.1 Å². The Morgan fingerprint density at radius 1 is 1.45 bits per heavy atom. The van der Waals surface area contributed by atoms with Gasteiger partial charge in [-0.1, -0.05) is 6.58 Å². The highest BCUT2D eigenvalue weighted by Gasteiger charge is 1.70. The number of hydrogen-bond donors (Lipinski definition) is 2. The van der Waals surface area contributed by atoms with Crippen molar-refractivity contribution in [2.45, 2.75) is 0 Å². The van der Waals surface area contributed by atoms with E-state index in [1.165, 1.54) is 6.20 Å². The first-order chi connectivity index (χ1) is 5.41. The van der Waals surface area contributed by atoms with E-state index in [4.69, 9.17) is 0 Å². The molecule has 4 nitrogen and oxygen atoms in total. The predicted octanol–water partition coefficient (Wildman–Crippen LogP) is 0.467. The fourth-order valence-electron chi connectivity index (χ4n) is 0.376. The normalized spacial score (nSPS) is 10.5. The largest absolute Gasteiger partial charge is 0.328 e.